The molecule has 0 saturated carbocycles. The van der Waals surface area contributed by atoms with Gasteiger partial charge in [-0.15, -0.1) is 0 Å². The highest BCUT2D eigenvalue weighted by atomic mass is 16.4. The summed E-state index contributed by atoms with van der Waals surface area (Å²) in [5.74, 6) is -5.81. The minimum Gasteiger partial charge on any atom is -0.507 e. The van der Waals surface area contributed by atoms with Crippen LogP contribution < -0.4 is 4.90 Å². The Morgan fingerprint density at radius 1 is 1.08 bits per heavy atom. The molecular formula is C29H23NO9. The van der Waals surface area contributed by atoms with Gasteiger partial charge in [-0.3, -0.25) is 19.2 Å². The maximum atomic E-state index is 13.8. The summed E-state index contributed by atoms with van der Waals surface area (Å²) >= 11 is 0. The van der Waals surface area contributed by atoms with Crippen LogP contribution in [-0.4, -0.2) is 44.7 Å². The number of aromatic carboxylic acids is 1. The van der Waals surface area contributed by atoms with E-state index >= 15 is 0 Å². The third-order valence-corrected chi connectivity index (χ3v) is 8.15. The van der Waals surface area contributed by atoms with E-state index in [9.17, 15) is 39.3 Å². The molecule has 0 unspecified atom stereocenters. The van der Waals surface area contributed by atoms with Gasteiger partial charge >= 0.3 is 5.97 Å². The zero-order valence-electron chi connectivity index (χ0n) is 20.7. The number of furan rings is 1. The van der Waals surface area contributed by atoms with Crippen molar-refractivity contribution in [3.05, 3.63) is 81.9 Å². The predicted octanol–water partition coefficient (Wildman–Crippen LogP) is 2.81. The Kier molecular flexibility index (Phi) is 5.55. The number of carboxylic acid groups (broad SMARTS) is 1. The molecule has 0 bridgehead atoms. The number of ketones is 2. The van der Waals surface area contributed by atoms with Crippen molar-refractivity contribution in [1.82, 2.24) is 0 Å². The van der Waals surface area contributed by atoms with Crippen LogP contribution >= 0.6 is 0 Å². The van der Waals surface area contributed by atoms with Crippen LogP contribution in [0.1, 0.15) is 47.6 Å². The molecule has 4 atom stereocenters. The Morgan fingerprint density at radius 2 is 1.85 bits per heavy atom. The van der Waals surface area contributed by atoms with E-state index in [1.54, 1.807) is 19.1 Å². The monoisotopic (exact) mass is 529 g/mol. The van der Waals surface area contributed by atoms with Gasteiger partial charge in [0.05, 0.1) is 23.4 Å². The number of phenols is 1. The molecule has 3 aliphatic carbocycles. The second-order valence-corrected chi connectivity index (χ2v) is 10.2. The van der Waals surface area contributed by atoms with E-state index in [2.05, 4.69) is 0 Å². The standard InChI is InChI=1S/C29H23NO9/c1-12-8-21(33)24-19(26(12)34)10-18-15(25(24)22-7-3-14(11-31)39-22)5-6-17-23(18)28(36)30(27(17)35)13-2-4-16(29(37)38)20(32)9-13/h2-5,7-9,17-18,23,25,31-32H,6,10-11H2,1H3,(H,37,38)/t17-,18+,23-,25+/m0/s1. The highest BCUT2D eigenvalue weighted by Gasteiger charge is 2.57. The lowest BCUT2D eigenvalue weighted by Gasteiger charge is -2.41. The third kappa shape index (κ3) is 3.55. The number of carboxylic acids is 1. The van der Waals surface area contributed by atoms with E-state index < -0.39 is 47.2 Å². The average molecular weight is 530 g/mol. The topological polar surface area (TPSA) is 162 Å². The van der Waals surface area contributed by atoms with E-state index in [1.165, 1.54) is 12.1 Å². The van der Waals surface area contributed by atoms with Crippen molar-refractivity contribution >= 4 is 35.0 Å². The number of carbonyl (C=O) groups is 5. The zero-order valence-corrected chi connectivity index (χ0v) is 20.7. The summed E-state index contributed by atoms with van der Waals surface area (Å²) in [6, 6.07) is 6.72. The van der Waals surface area contributed by atoms with Crippen molar-refractivity contribution in [1.29, 1.82) is 0 Å². The van der Waals surface area contributed by atoms with Crippen LogP contribution in [0.2, 0.25) is 0 Å². The third-order valence-electron chi connectivity index (χ3n) is 8.15. The summed E-state index contributed by atoms with van der Waals surface area (Å²) in [5.41, 5.74) is 1.26. The van der Waals surface area contributed by atoms with Gasteiger partial charge in [-0.05, 0) is 56.0 Å². The molecular weight excluding hydrogens is 506 g/mol. The number of anilines is 1. The van der Waals surface area contributed by atoms with Crippen LogP contribution in [0.4, 0.5) is 5.69 Å². The van der Waals surface area contributed by atoms with Gasteiger partial charge in [-0.2, -0.15) is 0 Å². The minimum absolute atomic E-state index is 0.0528. The fourth-order valence-electron chi connectivity index (χ4n) is 6.44. The molecule has 2 aromatic rings. The van der Waals surface area contributed by atoms with Crippen LogP contribution in [0.25, 0.3) is 0 Å². The summed E-state index contributed by atoms with van der Waals surface area (Å²) < 4.78 is 5.83. The summed E-state index contributed by atoms with van der Waals surface area (Å²) in [5, 5.41) is 28.9. The smallest absolute Gasteiger partial charge is 0.339 e. The lowest BCUT2D eigenvalue weighted by atomic mass is 9.60. The number of nitrogens with zero attached hydrogens (tertiary/aromatic N) is 1. The number of hydrogen-bond donors (Lipinski definition) is 3. The number of aromatic hydroxyl groups is 1. The zero-order chi connectivity index (χ0) is 27.7. The van der Waals surface area contributed by atoms with Crippen molar-refractivity contribution in [2.24, 2.45) is 17.8 Å². The number of hydrogen-bond acceptors (Lipinski definition) is 8. The average Bonchev–Trinajstić information content (AvgIpc) is 3.48. The molecule has 2 amide bonds. The predicted molar refractivity (Wildman–Crippen MR) is 134 cm³/mol. The Morgan fingerprint density at radius 3 is 2.51 bits per heavy atom. The molecule has 6 rings (SSSR count). The summed E-state index contributed by atoms with van der Waals surface area (Å²) in [4.78, 5) is 66.1. The van der Waals surface area contributed by atoms with Crippen molar-refractivity contribution in [3.8, 4) is 5.75 Å². The number of carbonyl (C=O) groups excluding carboxylic acids is 4. The number of amides is 2. The lowest BCUT2D eigenvalue weighted by molar-refractivity contribution is -0.123. The molecule has 39 heavy (non-hydrogen) atoms. The number of fused-ring (bicyclic) bond motifs is 3. The first kappa shape index (κ1) is 24.7. The molecule has 10 nitrogen and oxygen atoms in total. The summed E-state index contributed by atoms with van der Waals surface area (Å²) in [6.07, 6.45) is 3.44. The highest BCUT2D eigenvalue weighted by Crippen LogP contribution is 2.55. The Balaban J connectivity index is 1.45. The molecule has 10 heteroatoms. The first-order chi connectivity index (χ1) is 18.6. The van der Waals surface area contributed by atoms with E-state index in [-0.39, 0.29) is 64.7 Å². The summed E-state index contributed by atoms with van der Waals surface area (Å²) in [7, 11) is 0. The molecule has 0 radical (unpaired) electrons. The fraction of sp³-hybridized carbons (Fsp3) is 0.276. The van der Waals surface area contributed by atoms with E-state index in [0.717, 1.165) is 17.0 Å². The fourth-order valence-corrected chi connectivity index (χ4v) is 6.44. The molecule has 1 aromatic heterocycles. The second kappa shape index (κ2) is 8.74. The normalized spacial score (nSPS) is 26.3. The first-order valence-electron chi connectivity index (χ1n) is 12.5. The van der Waals surface area contributed by atoms with Gasteiger partial charge in [0.1, 0.15) is 29.4 Å². The number of allylic oxidation sites excluding steroid dienone is 6. The quantitative estimate of drug-likeness (QED) is 0.307. The second-order valence-electron chi connectivity index (χ2n) is 10.2. The van der Waals surface area contributed by atoms with Gasteiger partial charge in [0.15, 0.2) is 11.6 Å². The Hall–Kier alpha value is -4.57. The number of benzene rings is 1. The maximum Gasteiger partial charge on any atom is 0.339 e. The van der Waals surface area contributed by atoms with Gasteiger partial charge in [-0.25, -0.2) is 9.69 Å². The van der Waals surface area contributed by atoms with Crippen molar-refractivity contribution in [2.75, 3.05) is 4.90 Å². The Bertz CT molecular complexity index is 1600. The number of aliphatic hydroxyl groups is 1. The van der Waals surface area contributed by atoms with Crippen LogP contribution in [0.3, 0.4) is 0 Å². The number of rotatable bonds is 4. The van der Waals surface area contributed by atoms with E-state index in [4.69, 9.17) is 4.42 Å². The van der Waals surface area contributed by atoms with Crippen molar-refractivity contribution in [3.63, 3.8) is 0 Å². The van der Waals surface area contributed by atoms with Gasteiger partial charge < -0.3 is 19.7 Å². The van der Waals surface area contributed by atoms with Crippen LogP contribution in [0, 0.1) is 17.8 Å². The SMILES string of the molecule is CC1=CC(=O)C2=C(C[C@@H]3C(=CC[C@@H]4C(=O)N(c5ccc(C(=O)O)c(O)c5)C(=O)[C@@H]43)[C@@H]2c2ccc(CO)o2)C1=O. The van der Waals surface area contributed by atoms with Gasteiger partial charge in [0.25, 0.3) is 0 Å². The van der Waals surface area contributed by atoms with Crippen LogP contribution in [0.15, 0.2) is 69.2 Å². The molecule has 2 heterocycles. The number of imide groups is 1. The van der Waals surface area contributed by atoms with Crippen LogP contribution in [0.5, 0.6) is 5.75 Å². The minimum atomic E-state index is -1.35. The van der Waals surface area contributed by atoms with E-state index in [0.29, 0.717) is 11.3 Å². The molecule has 1 saturated heterocycles. The molecule has 198 valence electrons. The number of aliphatic hydroxyl groups excluding tert-OH is 1. The lowest BCUT2D eigenvalue weighted by Crippen LogP contribution is -2.39. The summed E-state index contributed by atoms with van der Waals surface area (Å²) in [6.45, 7) is 1.21. The van der Waals surface area contributed by atoms with Crippen molar-refractivity contribution in [2.45, 2.75) is 32.3 Å². The maximum absolute atomic E-state index is 13.8. The molecule has 1 aromatic carbocycles. The molecule has 1 aliphatic heterocycles. The van der Waals surface area contributed by atoms with E-state index in [1.807, 2.05) is 6.08 Å². The highest BCUT2D eigenvalue weighted by molar-refractivity contribution is 6.25. The first-order valence-corrected chi connectivity index (χ1v) is 12.5. The Labute approximate surface area is 221 Å². The van der Waals surface area contributed by atoms with Crippen molar-refractivity contribution < 1.29 is 43.7 Å². The van der Waals surface area contributed by atoms with Gasteiger partial charge in [0, 0.05) is 22.8 Å². The van der Waals surface area contributed by atoms with Gasteiger partial charge in [-0.1, -0.05) is 11.6 Å². The molecule has 1 fully saturated rings. The number of Topliss-reactive ketones (excluding diaryl/α,β-unsaturated/α-hetero) is 1. The molecule has 3 N–H and O–H groups in total. The molecule has 4 aliphatic rings. The largest absolute Gasteiger partial charge is 0.507 e. The van der Waals surface area contributed by atoms with Crippen LogP contribution in [-0.2, 0) is 25.8 Å². The van der Waals surface area contributed by atoms with Gasteiger partial charge in [0.2, 0.25) is 11.8 Å². The molecule has 0 spiro atoms.